The predicted molar refractivity (Wildman–Crippen MR) is 68.8 cm³/mol. The number of rotatable bonds is 5. The van der Waals surface area contributed by atoms with Crippen molar-refractivity contribution in [3.8, 4) is 0 Å². The number of alkyl halides is 1. The smallest absolute Gasteiger partial charge is 0.316 e. The summed E-state index contributed by atoms with van der Waals surface area (Å²) in [5, 5.41) is 0.240. The van der Waals surface area contributed by atoms with Crippen LogP contribution in [-0.4, -0.2) is 17.9 Å². The molecule has 0 spiro atoms. The van der Waals surface area contributed by atoms with Crippen LogP contribution in [0, 0.1) is 0 Å². The molecule has 0 saturated heterocycles. The molecule has 1 rings (SSSR count). The van der Waals surface area contributed by atoms with E-state index in [0.717, 1.165) is 5.56 Å². The molecule has 0 saturated carbocycles. The first kappa shape index (κ1) is 13.0. The van der Waals surface area contributed by atoms with Crippen LogP contribution in [-0.2, 0) is 9.53 Å². The van der Waals surface area contributed by atoms with Crippen molar-refractivity contribution >= 4 is 21.9 Å². The minimum atomic E-state index is -0.231. The van der Waals surface area contributed by atoms with Gasteiger partial charge in [0.25, 0.3) is 0 Å². The molecule has 0 heterocycles. The zero-order valence-electron chi connectivity index (χ0n) is 9.23. The van der Waals surface area contributed by atoms with Crippen LogP contribution in [0.1, 0.15) is 18.4 Å². The third kappa shape index (κ3) is 4.19. The summed E-state index contributed by atoms with van der Waals surface area (Å²) in [5.74, 6) is -0.0976. The minimum Gasteiger partial charge on any atom is -0.464 e. The van der Waals surface area contributed by atoms with Crippen LogP contribution in [0.2, 0.25) is 0 Å². The van der Waals surface area contributed by atoms with E-state index in [1.165, 1.54) is 0 Å². The quantitative estimate of drug-likeness (QED) is 0.471. The summed E-state index contributed by atoms with van der Waals surface area (Å²) in [5.41, 5.74) is 1.16. The fourth-order valence-electron chi connectivity index (χ4n) is 1.42. The van der Waals surface area contributed by atoms with Crippen LogP contribution in [0.25, 0.3) is 0 Å². The van der Waals surface area contributed by atoms with Gasteiger partial charge in [-0.1, -0.05) is 58.4 Å². The Kier molecular flexibility index (Phi) is 5.86. The van der Waals surface area contributed by atoms with Crippen LogP contribution in [0.15, 0.2) is 42.5 Å². The van der Waals surface area contributed by atoms with Gasteiger partial charge in [-0.3, -0.25) is 4.79 Å². The van der Waals surface area contributed by atoms with Crippen LogP contribution >= 0.6 is 15.9 Å². The Morgan fingerprint density at radius 1 is 1.44 bits per heavy atom. The van der Waals surface area contributed by atoms with E-state index in [0.29, 0.717) is 6.61 Å². The lowest BCUT2D eigenvalue weighted by atomic mass is 10.00. The van der Waals surface area contributed by atoms with Crippen LogP contribution in [0.3, 0.4) is 0 Å². The maximum Gasteiger partial charge on any atom is 0.316 e. The van der Waals surface area contributed by atoms with E-state index in [9.17, 15) is 4.79 Å². The number of esters is 1. The third-order valence-electron chi connectivity index (χ3n) is 2.19. The predicted octanol–water partition coefficient (Wildman–Crippen LogP) is 3.28. The van der Waals surface area contributed by atoms with Gasteiger partial charge < -0.3 is 4.74 Å². The van der Waals surface area contributed by atoms with Gasteiger partial charge in [0.15, 0.2) is 0 Å². The molecular formula is C13H15BrO2. The normalized spacial score (nSPS) is 12.6. The zero-order chi connectivity index (χ0) is 11.8. The highest BCUT2D eigenvalue weighted by molar-refractivity contribution is 9.09. The lowest BCUT2D eigenvalue weighted by molar-refractivity contribution is -0.140. The molecule has 0 aliphatic heterocycles. The lowest BCUT2D eigenvalue weighted by Crippen LogP contribution is -2.12. The molecule has 1 aromatic carbocycles. The first-order valence-corrected chi connectivity index (χ1v) is 6.29. The molecule has 86 valence electrons. The zero-order valence-corrected chi connectivity index (χ0v) is 10.8. The third-order valence-corrected chi connectivity index (χ3v) is 2.64. The minimum absolute atomic E-state index is 0.134. The number of carbonyl (C=O) groups is 1. The molecule has 1 aromatic rings. The number of hydrogen-bond acceptors (Lipinski definition) is 2. The molecule has 0 aliphatic carbocycles. The highest BCUT2D eigenvalue weighted by atomic mass is 79.9. The fraction of sp³-hybridized carbons (Fsp3) is 0.308. The van der Waals surface area contributed by atoms with Crippen LogP contribution in [0.5, 0.6) is 0 Å². The van der Waals surface area contributed by atoms with Gasteiger partial charge in [0, 0.05) is 5.92 Å². The monoisotopic (exact) mass is 282 g/mol. The maximum absolute atomic E-state index is 11.1. The lowest BCUT2D eigenvalue weighted by Gasteiger charge is -2.13. The Morgan fingerprint density at radius 2 is 2.12 bits per heavy atom. The summed E-state index contributed by atoms with van der Waals surface area (Å²) < 4.78 is 5.12. The second-order valence-corrected chi connectivity index (χ2v) is 3.92. The van der Waals surface area contributed by atoms with E-state index in [4.69, 9.17) is 4.74 Å². The molecule has 0 aromatic heterocycles. The van der Waals surface area contributed by atoms with Crippen molar-refractivity contribution in [3.05, 3.63) is 48.0 Å². The molecule has 16 heavy (non-hydrogen) atoms. The van der Waals surface area contributed by atoms with Crippen molar-refractivity contribution < 1.29 is 9.53 Å². The van der Waals surface area contributed by atoms with Crippen molar-refractivity contribution in [1.82, 2.24) is 0 Å². The first-order chi connectivity index (χ1) is 7.77. The van der Waals surface area contributed by atoms with Gasteiger partial charge >= 0.3 is 5.97 Å². The van der Waals surface area contributed by atoms with Crippen LogP contribution in [0.4, 0.5) is 0 Å². The molecule has 0 amide bonds. The summed E-state index contributed by atoms with van der Waals surface area (Å²) in [7, 11) is 0. The topological polar surface area (TPSA) is 26.3 Å². The number of halogens is 1. The van der Waals surface area contributed by atoms with Gasteiger partial charge in [-0.25, -0.2) is 0 Å². The van der Waals surface area contributed by atoms with Crippen molar-refractivity contribution in [2.45, 2.75) is 12.8 Å². The van der Waals surface area contributed by atoms with E-state index in [1.54, 1.807) is 0 Å². The second kappa shape index (κ2) is 7.23. The Morgan fingerprint density at radius 3 is 2.69 bits per heavy atom. The molecule has 1 unspecified atom stereocenters. The van der Waals surface area contributed by atoms with E-state index >= 15 is 0 Å². The Balaban J connectivity index is 2.65. The van der Waals surface area contributed by atoms with E-state index in [-0.39, 0.29) is 17.2 Å². The van der Waals surface area contributed by atoms with E-state index in [2.05, 4.69) is 15.9 Å². The van der Waals surface area contributed by atoms with Gasteiger partial charge in [0.2, 0.25) is 0 Å². The standard InChI is InChI=1S/C13H15BrO2/c1-2-6-12(10-16-13(15)9-14)11-7-4-3-5-8-11/h2-8,12H,9-10H2,1H3/b6-2-. The Labute approximate surface area is 104 Å². The van der Waals surface area contributed by atoms with E-state index in [1.807, 2.05) is 49.4 Å². The molecule has 0 N–H and O–H groups in total. The second-order valence-electron chi connectivity index (χ2n) is 3.36. The van der Waals surface area contributed by atoms with Crippen molar-refractivity contribution in [2.24, 2.45) is 0 Å². The highest BCUT2D eigenvalue weighted by Crippen LogP contribution is 2.17. The molecule has 0 aliphatic rings. The van der Waals surface area contributed by atoms with Crippen molar-refractivity contribution in [3.63, 3.8) is 0 Å². The van der Waals surface area contributed by atoms with Gasteiger partial charge in [-0.15, -0.1) is 0 Å². The summed E-state index contributed by atoms with van der Waals surface area (Å²) in [6.07, 6.45) is 4.01. The van der Waals surface area contributed by atoms with Crippen LogP contribution < -0.4 is 0 Å². The fourth-order valence-corrected chi connectivity index (χ4v) is 1.58. The highest BCUT2D eigenvalue weighted by Gasteiger charge is 2.10. The Bertz CT molecular complexity index is 346. The first-order valence-electron chi connectivity index (χ1n) is 5.17. The molecule has 0 bridgehead atoms. The number of allylic oxidation sites excluding steroid dienone is 1. The van der Waals surface area contributed by atoms with E-state index < -0.39 is 0 Å². The van der Waals surface area contributed by atoms with Gasteiger partial charge in [-0.2, -0.15) is 0 Å². The SMILES string of the molecule is C/C=C\C(COC(=O)CBr)c1ccccc1. The molecule has 1 atom stereocenters. The molecule has 0 fully saturated rings. The number of hydrogen-bond donors (Lipinski definition) is 0. The average molecular weight is 283 g/mol. The molecule has 3 heteroatoms. The summed E-state index contributed by atoms with van der Waals surface area (Å²) in [6, 6.07) is 10.0. The van der Waals surface area contributed by atoms with Gasteiger partial charge in [-0.05, 0) is 12.5 Å². The molecule has 2 nitrogen and oxygen atoms in total. The van der Waals surface area contributed by atoms with Crippen molar-refractivity contribution in [1.29, 1.82) is 0 Å². The summed E-state index contributed by atoms with van der Waals surface area (Å²) >= 11 is 3.07. The number of carbonyl (C=O) groups excluding carboxylic acids is 1. The molecule has 0 radical (unpaired) electrons. The number of ether oxygens (including phenoxy) is 1. The Hall–Kier alpha value is -1.09. The van der Waals surface area contributed by atoms with Gasteiger partial charge in [0.1, 0.15) is 11.9 Å². The average Bonchev–Trinajstić information content (AvgIpc) is 2.35. The molecular weight excluding hydrogens is 268 g/mol. The largest absolute Gasteiger partial charge is 0.464 e. The maximum atomic E-state index is 11.1. The summed E-state index contributed by atoms with van der Waals surface area (Å²) in [6.45, 7) is 2.35. The summed E-state index contributed by atoms with van der Waals surface area (Å²) in [4.78, 5) is 11.1. The van der Waals surface area contributed by atoms with Gasteiger partial charge in [0.05, 0.1) is 0 Å². The van der Waals surface area contributed by atoms with Crippen molar-refractivity contribution in [2.75, 3.05) is 11.9 Å². The number of benzene rings is 1.